The summed E-state index contributed by atoms with van der Waals surface area (Å²) in [4.78, 5) is 17.1. The molecule has 1 N–H and O–H groups in total. The molecule has 106 valence electrons. The first-order chi connectivity index (χ1) is 10.1. The number of thiazole rings is 1. The fourth-order valence-corrected chi connectivity index (χ4v) is 2.56. The van der Waals surface area contributed by atoms with Crippen molar-refractivity contribution in [3.63, 3.8) is 0 Å². The maximum atomic E-state index is 12.2. The highest BCUT2D eigenvalue weighted by Crippen LogP contribution is 2.17. The van der Waals surface area contributed by atoms with Gasteiger partial charge in [-0.2, -0.15) is 5.26 Å². The molecule has 1 atom stereocenters. The van der Waals surface area contributed by atoms with Crippen LogP contribution in [0.2, 0.25) is 0 Å². The minimum atomic E-state index is -0.373. The standard InChI is InChI=1S/C16H15N3OS/c1-11(13-6-4-3-5-7-13)19-16(20)14(9-17)8-15-12(2)18-10-21-15/h3-8,10-11H,1-2H3,(H,19,20)/b14-8+. The monoisotopic (exact) mass is 297 g/mol. The Morgan fingerprint density at radius 1 is 1.43 bits per heavy atom. The predicted molar refractivity (Wildman–Crippen MR) is 83.4 cm³/mol. The highest BCUT2D eigenvalue weighted by molar-refractivity contribution is 7.10. The van der Waals surface area contributed by atoms with Gasteiger partial charge in [0.25, 0.3) is 5.91 Å². The van der Waals surface area contributed by atoms with Crippen LogP contribution in [0.3, 0.4) is 0 Å². The van der Waals surface area contributed by atoms with Gasteiger partial charge in [-0.1, -0.05) is 30.3 Å². The van der Waals surface area contributed by atoms with Crippen LogP contribution >= 0.6 is 11.3 Å². The number of carbonyl (C=O) groups excluding carboxylic acids is 1. The third-order valence-electron chi connectivity index (χ3n) is 3.07. The fourth-order valence-electron chi connectivity index (χ4n) is 1.83. The minimum absolute atomic E-state index is 0.0881. The third-order valence-corrected chi connectivity index (χ3v) is 3.95. The summed E-state index contributed by atoms with van der Waals surface area (Å²) in [5.74, 6) is -0.373. The van der Waals surface area contributed by atoms with Crippen molar-refractivity contribution in [1.29, 1.82) is 5.26 Å². The molecule has 0 bridgehead atoms. The average Bonchev–Trinajstić information content (AvgIpc) is 2.90. The van der Waals surface area contributed by atoms with Crippen LogP contribution < -0.4 is 5.32 Å². The van der Waals surface area contributed by atoms with Gasteiger partial charge in [0.05, 0.1) is 22.1 Å². The summed E-state index contributed by atoms with van der Waals surface area (Å²) in [5, 5.41) is 12.0. The number of rotatable bonds is 4. The SMILES string of the molecule is Cc1ncsc1/C=C(\C#N)C(=O)NC(C)c1ccccc1. The summed E-state index contributed by atoms with van der Waals surface area (Å²) in [6.45, 7) is 3.74. The van der Waals surface area contributed by atoms with Crippen molar-refractivity contribution in [3.05, 3.63) is 57.6 Å². The van der Waals surface area contributed by atoms with Crippen LogP contribution in [-0.4, -0.2) is 10.9 Å². The zero-order chi connectivity index (χ0) is 15.2. The largest absolute Gasteiger partial charge is 0.345 e. The van der Waals surface area contributed by atoms with Crippen LogP contribution in [0, 0.1) is 18.3 Å². The van der Waals surface area contributed by atoms with Crippen LogP contribution in [0.1, 0.15) is 29.1 Å². The van der Waals surface area contributed by atoms with Gasteiger partial charge in [0.2, 0.25) is 0 Å². The Bertz CT molecular complexity index is 698. The van der Waals surface area contributed by atoms with E-state index in [-0.39, 0.29) is 17.5 Å². The average molecular weight is 297 g/mol. The lowest BCUT2D eigenvalue weighted by Gasteiger charge is -2.13. The van der Waals surface area contributed by atoms with Gasteiger partial charge in [-0.3, -0.25) is 4.79 Å². The van der Waals surface area contributed by atoms with E-state index in [2.05, 4.69) is 10.3 Å². The number of hydrogen-bond acceptors (Lipinski definition) is 4. The van der Waals surface area contributed by atoms with Gasteiger partial charge < -0.3 is 5.32 Å². The molecule has 0 radical (unpaired) electrons. The van der Waals surface area contributed by atoms with E-state index in [1.807, 2.05) is 50.2 Å². The highest BCUT2D eigenvalue weighted by atomic mass is 32.1. The van der Waals surface area contributed by atoms with Gasteiger partial charge in [0.15, 0.2) is 0 Å². The van der Waals surface area contributed by atoms with E-state index in [1.165, 1.54) is 11.3 Å². The zero-order valence-electron chi connectivity index (χ0n) is 11.8. The molecule has 4 nitrogen and oxygen atoms in total. The molecule has 2 rings (SSSR count). The highest BCUT2D eigenvalue weighted by Gasteiger charge is 2.14. The van der Waals surface area contributed by atoms with Crippen molar-refractivity contribution in [2.45, 2.75) is 19.9 Å². The van der Waals surface area contributed by atoms with E-state index < -0.39 is 0 Å². The van der Waals surface area contributed by atoms with Gasteiger partial charge in [0, 0.05) is 0 Å². The number of amides is 1. The summed E-state index contributed by atoms with van der Waals surface area (Å²) in [7, 11) is 0. The summed E-state index contributed by atoms with van der Waals surface area (Å²) < 4.78 is 0. The molecule has 5 heteroatoms. The molecule has 0 aliphatic heterocycles. The lowest BCUT2D eigenvalue weighted by atomic mass is 10.1. The predicted octanol–water partition coefficient (Wildman–Crippen LogP) is 3.24. The van der Waals surface area contributed by atoms with Crippen LogP contribution in [0.25, 0.3) is 6.08 Å². The van der Waals surface area contributed by atoms with Gasteiger partial charge in [0.1, 0.15) is 11.6 Å². The molecule has 1 amide bonds. The van der Waals surface area contributed by atoms with E-state index in [0.29, 0.717) is 0 Å². The van der Waals surface area contributed by atoms with Crippen molar-refractivity contribution in [1.82, 2.24) is 10.3 Å². The molecular formula is C16H15N3OS. The smallest absolute Gasteiger partial charge is 0.262 e. The molecule has 1 heterocycles. The van der Waals surface area contributed by atoms with E-state index in [1.54, 1.807) is 11.6 Å². The summed E-state index contributed by atoms with van der Waals surface area (Å²) >= 11 is 1.41. The van der Waals surface area contributed by atoms with Crippen LogP contribution in [-0.2, 0) is 4.79 Å². The minimum Gasteiger partial charge on any atom is -0.345 e. The third kappa shape index (κ3) is 3.77. The molecule has 1 unspecified atom stereocenters. The quantitative estimate of drug-likeness (QED) is 0.696. The molecule has 2 aromatic rings. The van der Waals surface area contributed by atoms with Crippen LogP contribution in [0.5, 0.6) is 0 Å². The summed E-state index contributed by atoms with van der Waals surface area (Å²) in [5.41, 5.74) is 3.60. The second-order valence-electron chi connectivity index (χ2n) is 4.58. The summed E-state index contributed by atoms with van der Waals surface area (Å²) in [6, 6.07) is 11.4. The lowest BCUT2D eigenvalue weighted by Crippen LogP contribution is -2.27. The topological polar surface area (TPSA) is 65.8 Å². The molecule has 0 aliphatic carbocycles. The Balaban J connectivity index is 2.13. The molecular weight excluding hydrogens is 282 g/mol. The number of benzene rings is 1. The van der Waals surface area contributed by atoms with E-state index >= 15 is 0 Å². The maximum absolute atomic E-state index is 12.2. The first kappa shape index (κ1) is 14.9. The zero-order valence-corrected chi connectivity index (χ0v) is 12.6. The first-order valence-corrected chi connectivity index (χ1v) is 7.37. The Hall–Kier alpha value is -2.45. The van der Waals surface area contributed by atoms with Crippen molar-refractivity contribution in [2.75, 3.05) is 0 Å². The Morgan fingerprint density at radius 2 is 2.14 bits per heavy atom. The number of nitrogens with one attached hydrogen (secondary N) is 1. The van der Waals surface area contributed by atoms with Crippen molar-refractivity contribution in [2.24, 2.45) is 0 Å². The number of nitriles is 1. The number of aryl methyl sites for hydroxylation is 1. The molecule has 1 aromatic carbocycles. The number of hydrogen-bond donors (Lipinski definition) is 1. The van der Waals surface area contributed by atoms with Gasteiger partial charge in [-0.25, -0.2) is 4.98 Å². The van der Waals surface area contributed by atoms with Gasteiger partial charge >= 0.3 is 0 Å². The molecule has 0 fully saturated rings. The number of carbonyl (C=O) groups is 1. The molecule has 0 saturated heterocycles. The lowest BCUT2D eigenvalue weighted by molar-refractivity contribution is -0.117. The first-order valence-electron chi connectivity index (χ1n) is 6.49. The summed E-state index contributed by atoms with van der Waals surface area (Å²) in [6.07, 6.45) is 1.58. The molecule has 21 heavy (non-hydrogen) atoms. The second kappa shape index (κ2) is 6.82. The molecule has 0 spiro atoms. The van der Waals surface area contributed by atoms with E-state index in [0.717, 1.165) is 16.1 Å². The Morgan fingerprint density at radius 3 is 2.71 bits per heavy atom. The van der Waals surface area contributed by atoms with Crippen LogP contribution in [0.4, 0.5) is 0 Å². The fraction of sp³-hybridized carbons (Fsp3) is 0.188. The van der Waals surface area contributed by atoms with Crippen LogP contribution in [0.15, 0.2) is 41.4 Å². The van der Waals surface area contributed by atoms with Gasteiger partial charge in [-0.15, -0.1) is 11.3 Å². The maximum Gasteiger partial charge on any atom is 0.262 e. The molecule has 0 aliphatic rings. The van der Waals surface area contributed by atoms with E-state index in [9.17, 15) is 10.1 Å². The molecule has 0 saturated carbocycles. The molecule has 1 aromatic heterocycles. The van der Waals surface area contributed by atoms with Crippen molar-refractivity contribution in [3.8, 4) is 6.07 Å². The number of nitrogens with zero attached hydrogens (tertiary/aromatic N) is 2. The van der Waals surface area contributed by atoms with Gasteiger partial charge in [-0.05, 0) is 25.5 Å². The second-order valence-corrected chi connectivity index (χ2v) is 5.46. The van der Waals surface area contributed by atoms with Crippen molar-refractivity contribution < 1.29 is 4.79 Å². The van der Waals surface area contributed by atoms with Crippen molar-refractivity contribution >= 4 is 23.3 Å². The normalized spacial score (nSPS) is 12.5. The van der Waals surface area contributed by atoms with E-state index in [4.69, 9.17) is 0 Å². The number of aromatic nitrogens is 1. The Kier molecular flexibility index (Phi) is 4.85. The Labute approximate surface area is 127 Å².